The van der Waals surface area contributed by atoms with Crippen LogP contribution in [0.2, 0.25) is 5.02 Å². The number of hydrogen-bond donors (Lipinski definition) is 1. The van der Waals surface area contributed by atoms with Crippen molar-refractivity contribution in [3.63, 3.8) is 0 Å². The minimum Gasteiger partial charge on any atom is -0.504 e. The molecule has 5 nitrogen and oxygen atoms in total. The Hall–Kier alpha value is -2.40. The van der Waals surface area contributed by atoms with Crippen molar-refractivity contribution in [2.24, 2.45) is 10.2 Å². The van der Waals surface area contributed by atoms with E-state index in [1.165, 1.54) is 19.2 Å². The molecule has 0 spiro atoms. The molecule has 0 aromatic heterocycles. The highest BCUT2D eigenvalue weighted by molar-refractivity contribution is 6.30. The van der Waals surface area contributed by atoms with Crippen LogP contribution in [0.5, 0.6) is 11.5 Å². The first-order chi connectivity index (χ1) is 10.0. The highest BCUT2D eigenvalue weighted by Gasteiger charge is 2.10. The molecule has 6 heteroatoms. The summed E-state index contributed by atoms with van der Waals surface area (Å²) >= 11 is 5.88. The van der Waals surface area contributed by atoms with Gasteiger partial charge in [-0.1, -0.05) is 11.6 Å². The summed E-state index contributed by atoms with van der Waals surface area (Å²) in [6, 6.07) is 8.18. The van der Waals surface area contributed by atoms with Gasteiger partial charge in [-0.3, -0.25) is 4.79 Å². The first-order valence-electron chi connectivity index (χ1n) is 6.09. The maximum absolute atomic E-state index is 10.9. The lowest BCUT2D eigenvalue weighted by molar-refractivity contribution is 0.112. The number of phenolic OH excluding ortho intramolecular Hbond substituents is 1. The molecular weight excluding hydrogens is 292 g/mol. The largest absolute Gasteiger partial charge is 0.504 e. The highest BCUT2D eigenvalue weighted by Crippen LogP contribution is 2.34. The van der Waals surface area contributed by atoms with E-state index in [0.29, 0.717) is 22.7 Å². The minimum atomic E-state index is -0.214. The van der Waals surface area contributed by atoms with Gasteiger partial charge in [0, 0.05) is 11.1 Å². The van der Waals surface area contributed by atoms with Gasteiger partial charge in [-0.25, -0.2) is 0 Å². The molecule has 1 N–H and O–H groups in total. The number of aryl methyl sites for hydroxylation is 1. The molecule has 0 atom stereocenters. The molecule has 2 aromatic carbocycles. The van der Waals surface area contributed by atoms with Gasteiger partial charge in [-0.05, 0) is 36.8 Å². The molecule has 0 saturated carbocycles. The van der Waals surface area contributed by atoms with Gasteiger partial charge in [0.15, 0.2) is 17.8 Å². The Morgan fingerprint density at radius 3 is 2.62 bits per heavy atom. The number of carbonyl (C=O) groups excluding carboxylic acids is 1. The zero-order valence-electron chi connectivity index (χ0n) is 11.5. The van der Waals surface area contributed by atoms with Gasteiger partial charge < -0.3 is 9.84 Å². The van der Waals surface area contributed by atoms with Gasteiger partial charge in [-0.2, -0.15) is 10.2 Å². The number of aromatic hydroxyl groups is 1. The number of azo groups is 1. The van der Waals surface area contributed by atoms with E-state index < -0.39 is 0 Å². The van der Waals surface area contributed by atoms with E-state index in [1.54, 1.807) is 18.2 Å². The van der Waals surface area contributed by atoms with E-state index >= 15 is 0 Å². The SMILES string of the molecule is COc1cc(N=Nc2ccc(Cl)cc2C)cc(C=O)c1O. The molecule has 0 unspecified atom stereocenters. The molecule has 0 bridgehead atoms. The van der Waals surface area contributed by atoms with Crippen LogP contribution in [0.15, 0.2) is 40.6 Å². The third kappa shape index (κ3) is 3.38. The molecule has 0 aliphatic carbocycles. The van der Waals surface area contributed by atoms with Gasteiger partial charge in [0.05, 0.1) is 24.0 Å². The fourth-order valence-electron chi connectivity index (χ4n) is 1.76. The van der Waals surface area contributed by atoms with Crippen molar-refractivity contribution in [1.29, 1.82) is 0 Å². The Morgan fingerprint density at radius 1 is 1.24 bits per heavy atom. The fourth-order valence-corrected chi connectivity index (χ4v) is 1.99. The van der Waals surface area contributed by atoms with Crippen LogP contribution in [0.1, 0.15) is 15.9 Å². The monoisotopic (exact) mass is 304 g/mol. The molecule has 0 heterocycles. The topological polar surface area (TPSA) is 71.2 Å². The summed E-state index contributed by atoms with van der Waals surface area (Å²) in [5.41, 5.74) is 2.05. The number of halogens is 1. The molecule has 21 heavy (non-hydrogen) atoms. The van der Waals surface area contributed by atoms with Crippen LogP contribution >= 0.6 is 11.6 Å². The second kappa shape index (κ2) is 6.37. The number of ether oxygens (including phenoxy) is 1. The van der Waals surface area contributed by atoms with Crippen molar-refractivity contribution in [2.45, 2.75) is 6.92 Å². The number of phenols is 1. The van der Waals surface area contributed by atoms with Crippen LogP contribution in [0.4, 0.5) is 11.4 Å². The first-order valence-corrected chi connectivity index (χ1v) is 6.47. The first kappa shape index (κ1) is 15.0. The average molecular weight is 305 g/mol. The Bertz CT molecular complexity index is 714. The summed E-state index contributed by atoms with van der Waals surface area (Å²) in [4.78, 5) is 10.9. The number of methoxy groups -OCH3 is 1. The molecule has 0 radical (unpaired) electrons. The van der Waals surface area contributed by atoms with Gasteiger partial charge in [0.25, 0.3) is 0 Å². The normalized spacial score (nSPS) is 10.8. The Kier molecular flexibility index (Phi) is 4.55. The van der Waals surface area contributed by atoms with Crippen molar-refractivity contribution in [3.05, 3.63) is 46.5 Å². The minimum absolute atomic E-state index is 0.0936. The summed E-state index contributed by atoms with van der Waals surface area (Å²) in [6.07, 6.45) is 0.532. The van der Waals surface area contributed by atoms with Crippen LogP contribution in [0, 0.1) is 6.92 Å². The lowest BCUT2D eigenvalue weighted by Gasteiger charge is -2.06. The van der Waals surface area contributed by atoms with E-state index in [1.807, 2.05) is 6.92 Å². The number of aldehydes is 1. The molecule has 0 aliphatic rings. The van der Waals surface area contributed by atoms with E-state index in [-0.39, 0.29) is 17.1 Å². The van der Waals surface area contributed by atoms with E-state index in [0.717, 1.165) is 5.56 Å². The maximum atomic E-state index is 10.9. The zero-order chi connectivity index (χ0) is 15.4. The van der Waals surface area contributed by atoms with Crippen molar-refractivity contribution < 1.29 is 14.6 Å². The molecule has 0 fully saturated rings. The zero-order valence-corrected chi connectivity index (χ0v) is 12.3. The van der Waals surface area contributed by atoms with Gasteiger partial charge in [-0.15, -0.1) is 0 Å². The third-order valence-corrected chi connectivity index (χ3v) is 3.10. The lowest BCUT2D eigenvalue weighted by atomic mass is 10.2. The Morgan fingerprint density at radius 2 is 2.00 bits per heavy atom. The Labute approximate surface area is 126 Å². The summed E-state index contributed by atoms with van der Waals surface area (Å²) in [5.74, 6) is -0.0458. The summed E-state index contributed by atoms with van der Waals surface area (Å²) in [6.45, 7) is 1.87. The molecule has 2 rings (SSSR count). The van der Waals surface area contributed by atoms with Crippen LogP contribution in [-0.4, -0.2) is 18.5 Å². The maximum Gasteiger partial charge on any atom is 0.168 e. The second-order valence-electron chi connectivity index (χ2n) is 4.33. The van der Waals surface area contributed by atoms with Gasteiger partial charge >= 0.3 is 0 Å². The van der Waals surface area contributed by atoms with E-state index in [4.69, 9.17) is 16.3 Å². The predicted octanol–water partition coefficient (Wildman–Crippen LogP) is 4.59. The van der Waals surface area contributed by atoms with Crippen LogP contribution in [-0.2, 0) is 0 Å². The van der Waals surface area contributed by atoms with Crippen molar-refractivity contribution in [3.8, 4) is 11.5 Å². The number of rotatable bonds is 4. The lowest BCUT2D eigenvalue weighted by Crippen LogP contribution is -1.88. The number of benzene rings is 2. The van der Waals surface area contributed by atoms with E-state index in [2.05, 4.69) is 10.2 Å². The second-order valence-corrected chi connectivity index (χ2v) is 4.77. The Balaban J connectivity index is 2.38. The number of nitrogens with zero attached hydrogens (tertiary/aromatic N) is 2. The smallest absolute Gasteiger partial charge is 0.168 e. The van der Waals surface area contributed by atoms with Crippen LogP contribution < -0.4 is 4.74 Å². The van der Waals surface area contributed by atoms with E-state index in [9.17, 15) is 9.90 Å². The summed E-state index contributed by atoms with van der Waals surface area (Å²) < 4.78 is 4.99. The average Bonchev–Trinajstić information content (AvgIpc) is 2.47. The molecule has 0 saturated heterocycles. The predicted molar refractivity (Wildman–Crippen MR) is 80.4 cm³/mol. The highest BCUT2D eigenvalue weighted by atomic mass is 35.5. The quantitative estimate of drug-likeness (QED) is 0.663. The van der Waals surface area contributed by atoms with Crippen LogP contribution in [0.25, 0.3) is 0 Å². The van der Waals surface area contributed by atoms with Gasteiger partial charge in [0.2, 0.25) is 0 Å². The number of carbonyl (C=O) groups is 1. The standard InChI is InChI=1S/C15H13ClN2O3/c1-9-5-11(16)3-4-13(9)18-17-12-6-10(8-19)15(20)14(7-12)21-2/h3-8,20H,1-2H3. The summed E-state index contributed by atoms with van der Waals surface area (Å²) in [7, 11) is 1.40. The van der Waals surface area contributed by atoms with Crippen molar-refractivity contribution >= 4 is 29.3 Å². The third-order valence-electron chi connectivity index (χ3n) is 2.87. The van der Waals surface area contributed by atoms with Gasteiger partial charge in [0.1, 0.15) is 0 Å². The molecule has 0 aliphatic heterocycles. The molecule has 108 valence electrons. The number of hydrogen-bond acceptors (Lipinski definition) is 5. The van der Waals surface area contributed by atoms with Crippen molar-refractivity contribution in [1.82, 2.24) is 0 Å². The summed E-state index contributed by atoms with van der Waals surface area (Å²) in [5, 5.41) is 18.5. The molecule has 2 aromatic rings. The molecule has 0 amide bonds. The van der Waals surface area contributed by atoms with Crippen molar-refractivity contribution in [2.75, 3.05) is 7.11 Å². The molecular formula is C15H13ClN2O3. The fraction of sp³-hybridized carbons (Fsp3) is 0.133. The van der Waals surface area contributed by atoms with Crippen LogP contribution in [0.3, 0.4) is 0 Å².